The summed E-state index contributed by atoms with van der Waals surface area (Å²) in [5, 5.41) is 3.50. The lowest BCUT2D eigenvalue weighted by Gasteiger charge is -2.33. The molecule has 0 aliphatic carbocycles. The summed E-state index contributed by atoms with van der Waals surface area (Å²) in [7, 11) is -3.03. The minimum absolute atomic E-state index is 0.0607. The van der Waals surface area contributed by atoms with E-state index in [9.17, 15) is 18.0 Å². The maximum Gasteiger partial charge on any atom is 0.329 e. The number of anilines is 1. The average Bonchev–Trinajstić information content (AvgIpc) is 3.35. The van der Waals surface area contributed by atoms with Crippen LogP contribution in [0.25, 0.3) is 10.1 Å². The van der Waals surface area contributed by atoms with Crippen molar-refractivity contribution in [2.45, 2.75) is 30.3 Å². The lowest BCUT2D eigenvalue weighted by molar-refractivity contribution is -0.144. The van der Waals surface area contributed by atoms with E-state index in [1.165, 1.54) is 37.7 Å². The van der Waals surface area contributed by atoms with Crippen LogP contribution < -0.4 is 10.0 Å². The molecule has 0 aliphatic rings. The molecule has 0 unspecified atom stereocenters. The van der Waals surface area contributed by atoms with E-state index >= 15 is 0 Å². The molecule has 198 valence electrons. The van der Waals surface area contributed by atoms with Gasteiger partial charge in [-0.2, -0.15) is 12.8 Å². The molecule has 2 N–H and O–H groups in total. The number of nitrogens with zero attached hydrogens (tertiary/aromatic N) is 2. The number of nitrogens with one attached hydrogen (secondary N) is 2. The van der Waals surface area contributed by atoms with Gasteiger partial charge in [0.2, 0.25) is 0 Å². The van der Waals surface area contributed by atoms with Crippen LogP contribution in [0.15, 0.2) is 66.0 Å². The molecule has 0 aliphatic heterocycles. The van der Waals surface area contributed by atoms with Gasteiger partial charge in [0.1, 0.15) is 6.04 Å². The minimum atomic E-state index is -4.24. The molecule has 13 heteroatoms. The lowest BCUT2D eigenvalue weighted by Crippen LogP contribution is -2.53. The van der Waals surface area contributed by atoms with E-state index in [0.717, 1.165) is 17.1 Å². The number of carbonyl (C=O) groups excluding carboxylic acids is 2. The molecule has 38 heavy (non-hydrogen) atoms. The standard InChI is InChI=1S/C25H22Cl2N4O5S2/c1-25(2,14-4-6-15(26)7-5-14)21(24(33)36-3)30-22(32)17-9-8-16(27)12-19(17)31-38(34,35)23-18-13-29-37-20(18)10-11-28-23/h4-13,21,31H,1-3H3,(H,30,32)/t21-/m1/s1. The van der Waals surface area contributed by atoms with Gasteiger partial charge in [-0.1, -0.05) is 49.2 Å². The van der Waals surface area contributed by atoms with Gasteiger partial charge in [-0.15, -0.1) is 0 Å². The van der Waals surface area contributed by atoms with Gasteiger partial charge in [0.05, 0.1) is 34.6 Å². The Balaban J connectivity index is 1.69. The number of hydrogen-bond acceptors (Lipinski definition) is 8. The number of fused-ring (bicyclic) bond motifs is 1. The van der Waals surface area contributed by atoms with Gasteiger partial charge in [-0.05, 0) is 53.5 Å². The third kappa shape index (κ3) is 5.60. The van der Waals surface area contributed by atoms with Gasteiger partial charge < -0.3 is 10.1 Å². The van der Waals surface area contributed by atoms with Crippen LogP contribution in [0.1, 0.15) is 29.8 Å². The molecule has 2 aromatic heterocycles. The molecular weight excluding hydrogens is 571 g/mol. The maximum absolute atomic E-state index is 13.5. The van der Waals surface area contributed by atoms with Crippen molar-refractivity contribution in [3.8, 4) is 0 Å². The Morgan fingerprint density at radius 1 is 1.05 bits per heavy atom. The van der Waals surface area contributed by atoms with Crippen molar-refractivity contribution in [1.82, 2.24) is 14.7 Å². The molecule has 0 spiro atoms. The normalized spacial score (nSPS) is 12.7. The summed E-state index contributed by atoms with van der Waals surface area (Å²) >= 11 is 13.3. The van der Waals surface area contributed by atoms with E-state index in [-0.39, 0.29) is 21.3 Å². The highest BCUT2D eigenvalue weighted by Crippen LogP contribution is 2.31. The van der Waals surface area contributed by atoms with Crippen molar-refractivity contribution in [2.24, 2.45) is 0 Å². The zero-order chi connectivity index (χ0) is 27.7. The second-order valence-electron chi connectivity index (χ2n) is 8.81. The van der Waals surface area contributed by atoms with E-state index < -0.39 is 33.4 Å². The summed E-state index contributed by atoms with van der Waals surface area (Å²) in [5.74, 6) is -1.41. The number of esters is 1. The van der Waals surface area contributed by atoms with Crippen LogP contribution in [0, 0.1) is 0 Å². The highest BCUT2D eigenvalue weighted by molar-refractivity contribution is 7.92. The minimum Gasteiger partial charge on any atom is -0.467 e. The Morgan fingerprint density at radius 3 is 2.42 bits per heavy atom. The van der Waals surface area contributed by atoms with Gasteiger partial charge in [0, 0.05) is 21.7 Å². The van der Waals surface area contributed by atoms with E-state index in [4.69, 9.17) is 27.9 Å². The second kappa shape index (κ2) is 10.9. The van der Waals surface area contributed by atoms with E-state index in [1.54, 1.807) is 44.2 Å². The molecule has 9 nitrogen and oxygen atoms in total. The molecule has 0 saturated heterocycles. The number of hydrogen-bond donors (Lipinski definition) is 2. The van der Waals surface area contributed by atoms with Gasteiger partial charge in [0.15, 0.2) is 5.03 Å². The number of aromatic nitrogens is 2. The Kier molecular flexibility index (Phi) is 7.93. The predicted molar refractivity (Wildman–Crippen MR) is 147 cm³/mol. The van der Waals surface area contributed by atoms with Crippen LogP contribution in [0.2, 0.25) is 10.0 Å². The Labute approximate surface area is 233 Å². The van der Waals surface area contributed by atoms with E-state index in [2.05, 4.69) is 19.4 Å². The highest BCUT2D eigenvalue weighted by atomic mass is 35.5. The lowest BCUT2D eigenvalue weighted by atomic mass is 9.77. The fourth-order valence-corrected chi connectivity index (χ4v) is 6.10. The molecule has 0 saturated carbocycles. The van der Waals surface area contributed by atoms with Gasteiger partial charge in [-0.3, -0.25) is 9.52 Å². The van der Waals surface area contributed by atoms with Crippen LogP contribution in [0.5, 0.6) is 0 Å². The molecule has 0 fully saturated rings. The first-order valence-corrected chi connectivity index (χ1v) is 14.1. The summed E-state index contributed by atoms with van der Waals surface area (Å²) in [6.07, 6.45) is 2.77. The number of ether oxygens (including phenoxy) is 1. The van der Waals surface area contributed by atoms with Crippen LogP contribution >= 0.6 is 34.7 Å². The van der Waals surface area contributed by atoms with Crippen LogP contribution in [-0.4, -0.2) is 42.8 Å². The fourth-order valence-electron chi connectivity index (χ4n) is 3.88. The maximum atomic E-state index is 13.5. The van der Waals surface area contributed by atoms with Crippen LogP contribution in [-0.2, 0) is 25.0 Å². The zero-order valence-corrected chi connectivity index (χ0v) is 23.5. The van der Waals surface area contributed by atoms with Crippen LogP contribution in [0.3, 0.4) is 0 Å². The monoisotopic (exact) mass is 592 g/mol. The van der Waals surface area contributed by atoms with Crippen molar-refractivity contribution in [3.05, 3.63) is 82.1 Å². The smallest absolute Gasteiger partial charge is 0.329 e. The van der Waals surface area contributed by atoms with Crippen molar-refractivity contribution in [2.75, 3.05) is 11.8 Å². The third-order valence-electron chi connectivity index (χ3n) is 5.99. The fraction of sp³-hybridized carbons (Fsp3) is 0.200. The molecule has 0 bridgehead atoms. The molecule has 2 heterocycles. The highest BCUT2D eigenvalue weighted by Gasteiger charge is 2.39. The topological polar surface area (TPSA) is 127 Å². The van der Waals surface area contributed by atoms with Crippen LogP contribution in [0.4, 0.5) is 5.69 Å². The Bertz CT molecular complexity index is 1620. The molecule has 4 rings (SSSR count). The van der Waals surface area contributed by atoms with Gasteiger partial charge in [-0.25, -0.2) is 9.78 Å². The number of benzene rings is 2. The average molecular weight is 594 g/mol. The number of rotatable bonds is 8. The van der Waals surface area contributed by atoms with E-state index in [1.807, 2.05) is 0 Å². The Hall–Kier alpha value is -3.25. The summed E-state index contributed by atoms with van der Waals surface area (Å²) < 4.78 is 38.6. The molecule has 0 radical (unpaired) electrons. The summed E-state index contributed by atoms with van der Waals surface area (Å²) in [4.78, 5) is 30.3. The van der Waals surface area contributed by atoms with Gasteiger partial charge >= 0.3 is 5.97 Å². The van der Waals surface area contributed by atoms with Crippen molar-refractivity contribution < 1.29 is 22.7 Å². The number of amides is 1. The molecule has 4 aromatic rings. The first-order valence-electron chi connectivity index (χ1n) is 11.1. The summed E-state index contributed by atoms with van der Waals surface area (Å²) in [6, 6.07) is 11.5. The van der Waals surface area contributed by atoms with Crippen molar-refractivity contribution in [1.29, 1.82) is 0 Å². The number of halogens is 2. The Morgan fingerprint density at radius 2 is 1.74 bits per heavy atom. The SMILES string of the molecule is COC(=O)[C@@H](NC(=O)c1ccc(Cl)cc1NS(=O)(=O)c1nccc2sncc12)C(C)(C)c1ccc(Cl)cc1. The molecule has 1 atom stereocenters. The predicted octanol–water partition coefficient (Wildman–Crippen LogP) is 5.05. The quantitative estimate of drug-likeness (QED) is 0.274. The number of carbonyl (C=O) groups is 2. The number of pyridine rings is 1. The third-order valence-corrected chi connectivity index (χ3v) is 8.57. The molecule has 1 amide bonds. The molecule has 2 aromatic carbocycles. The second-order valence-corrected chi connectivity index (χ2v) is 12.1. The van der Waals surface area contributed by atoms with Crippen molar-refractivity contribution in [3.63, 3.8) is 0 Å². The number of sulfonamides is 1. The van der Waals surface area contributed by atoms with Crippen molar-refractivity contribution >= 4 is 72.4 Å². The van der Waals surface area contributed by atoms with Gasteiger partial charge in [0.25, 0.3) is 15.9 Å². The zero-order valence-electron chi connectivity index (χ0n) is 20.4. The van der Waals surface area contributed by atoms with E-state index in [0.29, 0.717) is 15.1 Å². The summed E-state index contributed by atoms with van der Waals surface area (Å²) in [5.41, 5.74) is -0.359. The summed E-state index contributed by atoms with van der Waals surface area (Å²) in [6.45, 7) is 3.54. The largest absolute Gasteiger partial charge is 0.467 e. The molecular formula is C25H22Cl2N4O5S2. The first kappa shape index (κ1) is 27.8. The number of methoxy groups -OCH3 is 1. The first-order chi connectivity index (χ1) is 17.9.